The zero-order valence-corrected chi connectivity index (χ0v) is 12.3. The second kappa shape index (κ2) is 6.30. The van der Waals surface area contributed by atoms with Crippen LogP contribution in [0.5, 0.6) is 11.5 Å². The summed E-state index contributed by atoms with van der Waals surface area (Å²) < 4.78 is 12.1. The summed E-state index contributed by atoms with van der Waals surface area (Å²) >= 11 is 0. The molecule has 6 heteroatoms. The van der Waals surface area contributed by atoms with Crippen molar-refractivity contribution in [1.29, 1.82) is 0 Å². The van der Waals surface area contributed by atoms with Crippen molar-refractivity contribution in [2.45, 2.75) is 19.9 Å². The van der Waals surface area contributed by atoms with Crippen LogP contribution in [-0.4, -0.2) is 35.1 Å². The summed E-state index contributed by atoms with van der Waals surface area (Å²) in [6.07, 6.45) is 2.43. The van der Waals surface area contributed by atoms with Gasteiger partial charge in [-0.1, -0.05) is 6.92 Å². The van der Waals surface area contributed by atoms with Crippen molar-refractivity contribution in [3.05, 3.63) is 30.0 Å². The molecule has 0 aliphatic rings. The van der Waals surface area contributed by atoms with Crippen molar-refractivity contribution >= 4 is 5.97 Å². The number of aryl methyl sites for hydroxylation is 1. The molecule has 0 radical (unpaired) electrons. The molecular weight excluding hydrogens is 272 g/mol. The van der Waals surface area contributed by atoms with Gasteiger partial charge in [-0.25, -0.2) is 4.79 Å². The highest BCUT2D eigenvalue weighted by molar-refractivity contribution is 5.94. The number of hydrogen-bond acceptors (Lipinski definition) is 4. The maximum absolute atomic E-state index is 11.4. The van der Waals surface area contributed by atoms with Gasteiger partial charge >= 0.3 is 5.97 Å². The lowest BCUT2D eigenvalue weighted by molar-refractivity contribution is 0.0697. The maximum atomic E-state index is 11.4. The Kier molecular flexibility index (Phi) is 4.47. The Morgan fingerprint density at radius 1 is 1.29 bits per heavy atom. The van der Waals surface area contributed by atoms with Gasteiger partial charge in [0.05, 0.1) is 14.2 Å². The van der Waals surface area contributed by atoms with E-state index in [0.29, 0.717) is 29.3 Å². The quantitative estimate of drug-likeness (QED) is 0.885. The van der Waals surface area contributed by atoms with Crippen molar-refractivity contribution in [2.24, 2.45) is 0 Å². The first-order valence-electron chi connectivity index (χ1n) is 6.63. The van der Waals surface area contributed by atoms with Gasteiger partial charge in [0.25, 0.3) is 0 Å². The molecule has 1 aromatic carbocycles. The summed E-state index contributed by atoms with van der Waals surface area (Å²) in [5.74, 6) is 0.129. The smallest absolute Gasteiger partial charge is 0.339 e. The highest BCUT2D eigenvalue weighted by atomic mass is 16.5. The maximum Gasteiger partial charge on any atom is 0.339 e. The van der Waals surface area contributed by atoms with Crippen molar-refractivity contribution in [3.63, 3.8) is 0 Å². The molecule has 0 fully saturated rings. The average molecular weight is 290 g/mol. The van der Waals surface area contributed by atoms with Crippen LogP contribution in [0.3, 0.4) is 0 Å². The van der Waals surface area contributed by atoms with Gasteiger partial charge < -0.3 is 14.6 Å². The van der Waals surface area contributed by atoms with E-state index in [9.17, 15) is 9.90 Å². The van der Waals surface area contributed by atoms with Gasteiger partial charge in [0.2, 0.25) is 0 Å². The molecule has 0 saturated heterocycles. The van der Waals surface area contributed by atoms with Gasteiger partial charge in [0.15, 0.2) is 11.5 Å². The van der Waals surface area contributed by atoms with Gasteiger partial charge in [-0.2, -0.15) is 5.10 Å². The van der Waals surface area contributed by atoms with Crippen molar-refractivity contribution < 1.29 is 19.4 Å². The second-order valence-electron chi connectivity index (χ2n) is 4.53. The van der Waals surface area contributed by atoms with Gasteiger partial charge in [-0.05, 0) is 24.6 Å². The number of rotatable bonds is 6. The Hall–Kier alpha value is -2.50. The Bertz CT molecular complexity index is 649. The molecule has 2 aromatic rings. The number of methoxy groups -OCH3 is 2. The Labute approximate surface area is 122 Å². The first kappa shape index (κ1) is 14.9. The van der Waals surface area contributed by atoms with E-state index in [1.54, 1.807) is 36.2 Å². The summed E-state index contributed by atoms with van der Waals surface area (Å²) in [7, 11) is 3.09. The lowest BCUT2D eigenvalue weighted by Gasteiger charge is -2.08. The molecule has 1 aromatic heterocycles. The van der Waals surface area contributed by atoms with Gasteiger partial charge in [0, 0.05) is 18.3 Å². The average Bonchev–Trinajstić information content (AvgIpc) is 2.91. The van der Waals surface area contributed by atoms with Crippen LogP contribution in [0.4, 0.5) is 0 Å². The number of aromatic carboxylic acids is 1. The number of nitrogens with zero attached hydrogens (tertiary/aromatic N) is 2. The monoisotopic (exact) mass is 290 g/mol. The zero-order chi connectivity index (χ0) is 15.4. The third kappa shape index (κ3) is 2.99. The van der Waals surface area contributed by atoms with E-state index >= 15 is 0 Å². The van der Waals surface area contributed by atoms with Crippen molar-refractivity contribution in [3.8, 4) is 22.8 Å². The molecule has 0 aliphatic heterocycles. The van der Waals surface area contributed by atoms with Crippen LogP contribution in [0.25, 0.3) is 11.3 Å². The van der Waals surface area contributed by atoms with E-state index in [-0.39, 0.29) is 5.56 Å². The highest BCUT2D eigenvalue weighted by Crippen LogP contribution is 2.33. The molecule has 0 saturated carbocycles. The fourth-order valence-electron chi connectivity index (χ4n) is 2.12. The summed E-state index contributed by atoms with van der Waals surface area (Å²) in [5, 5.41) is 13.7. The molecule has 6 nitrogen and oxygen atoms in total. The van der Waals surface area contributed by atoms with E-state index in [4.69, 9.17) is 9.47 Å². The summed E-state index contributed by atoms with van der Waals surface area (Å²) in [4.78, 5) is 11.4. The molecule has 0 atom stereocenters. The molecule has 0 bridgehead atoms. The molecule has 1 N–H and O–H groups in total. The minimum absolute atomic E-state index is 0.177. The number of aromatic nitrogens is 2. The second-order valence-corrected chi connectivity index (χ2v) is 4.53. The van der Waals surface area contributed by atoms with Crippen LogP contribution in [0.15, 0.2) is 24.4 Å². The number of hydrogen-bond donors (Lipinski definition) is 1. The molecule has 112 valence electrons. The largest absolute Gasteiger partial charge is 0.493 e. The minimum Gasteiger partial charge on any atom is -0.493 e. The van der Waals surface area contributed by atoms with E-state index in [2.05, 4.69) is 5.10 Å². The van der Waals surface area contributed by atoms with Crippen LogP contribution in [0.1, 0.15) is 23.7 Å². The van der Waals surface area contributed by atoms with Crippen LogP contribution >= 0.6 is 0 Å². The molecule has 21 heavy (non-hydrogen) atoms. The van der Waals surface area contributed by atoms with E-state index in [1.165, 1.54) is 7.11 Å². The molecular formula is C15H18N2O4. The topological polar surface area (TPSA) is 73.6 Å². The predicted molar refractivity (Wildman–Crippen MR) is 78.0 cm³/mol. The third-order valence-corrected chi connectivity index (χ3v) is 3.10. The molecule has 0 aliphatic carbocycles. The van der Waals surface area contributed by atoms with Gasteiger partial charge in [-0.3, -0.25) is 4.68 Å². The first-order chi connectivity index (χ1) is 10.1. The third-order valence-electron chi connectivity index (χ3n) is 3.10. The number of ether oxygens (including phenoxy) is 2. The Morgan fingerprint density at radius 3 is 2.57 bits per heavy atom. The summed E-state index contributed by atoms with van der Waals surface area (Å²) in [5.41, 5.74) is 1.28. The highest BCUT2D eigenvalue weighted by Gasteiger charge is 2.18. The van der Waals surface area contributed by atoms with Crippen molar-refractivity contribution in [1.82, 2.24) is 9.78 Å². The number of carboxylic acid groups (broad SMARTS) is 1. The molecule has 0 unspecified atom stereocenters. The SMILES string of the molecule is CCCn1cc(C(=O)O)c(-c2ccc(OC)c(OC)c2)n1. The van der Waals surface area contributed by atoms with Gasteiger partial charge in [0.1, 0.15) is 11.3 Å². The lowest BCUT2D eigenvalue weighted by Crippen LogP contribution is -1.97. The lowest BCUT2D eigenvalue weighted by atomic mass is 10.1. The van der Waals surface area contributed by atoms with E-state index in [0.717, 1.165) is 6.42 Å². The standard InChI is InChI=1S/C15H18N2O4/c1-4-7-17-9-11(15(18)19)14(16-17)10-5-6-12(20-2)13(8-10)21-3/h5-6,8-9H,4,7H2,1-3H3,(H,18,19). The first-order valence-corrected chi connectivity index (χ1v) is 6.63. The van der Waals surface area contributed by atoms with Gasteiger partial charge in [-0.15, -0.1) is 0 Å². The van der Waals surface area contributed by atoms with Crippen molar-refractivity contribution in [2.75, 3.05) is 14.2 Å². The summed E-state index contributed by atoms with van der Waals surface area (Å²) in [6, 6.07) is 5.23. The Balaban J connectivity index is 2.52. The zero-order valence-electron chi connectivity index (χ0n) is 12.3. The number of carbonyl (C=O) groups is 1. The van der Waals surface area contributed by atoms with E-state index < -0.39 is 5.97 Å². The fraction of sp³-hybridized carbons (Fsp3) is 0.333. The Morgan fingerprint density at radius 2 is 2.00 bits per heavy atom. The van der Waals surface area contributed by atoms with E-state index in [1.807, 2.05) is 6.92 Å². The number of benzene rings is 1. The molecule has 0 spiro atoms. The summed E-state index contributed by atoms with van der Waals surface area (Å²) in [6.45, 7) is 2.69. The number of carboxylic acids is 1. The molecule has 2 rings (SSSR count). The predicted octanol–water partition coefficient (Wildman–Crippen LogP) is 2.68. The fourth-order valence-corrected chi connectivity index (χ4v) is 2.12. The normalized spacial score (nSPS) is 10.4. The van der Waals surface area contributed by atoms with Crippen LogP contribution in [0, 0.1) is 0 Å². The minimum atomic E-state index is -0.998. The molecule has 1 heterocycles. The van der Waals surface area contributed by atoms with Crippen LogP contribution in [-0.2, 0) is 6.54 Å². The van der Waals surface area contributed by atoms with Crippen LogP contribution in [0.2, 0.25) is 0 Å². The molecule has 0 amide bonds. The van der Waals surface area contributed by atoms with Crippen LogP contribution < -0.4 is 9.47 Å².